The van der Waals surface area contributed by atoms with Gasteiger partial charge in [0.1, 0.15) is 0 Å². The standard InChI is InChI=1S/C6N9.3Na/c7-1-10-4-13-5(11-2-8)15-6(14-4)12-3-9;;;/q-3;3*+1. The molecule has 72 valence electrons. The molecule has 0 unspecified atom stereocenters. The summed E-state index contributed by atoms with van der Waals surface area (Å²) in [4.78, 5) is 20.2. The van der Waals surface area contributed by atoms with Crippen molar-refractivity contribution in [2.45, 2.75) is 0 Å². The van der Waals surface area contributed by atoms with Gasteiger partial charge in [-0.1, -0.05) is 0 Å². The molecule has 1 heterocycles. The molecule has 0 aliphatic carbocycles. The Balaban J connectivity index is -0.000000750. The van der Waals surface area contributed by atoms with Crippen LogP contribution in [0.1, 0.15) is 0 Å². The minimum atomic E-state index is -0.254. The van der Waals surface area contributed by atoms with Gasteiger partial charge in [0.05, 0.1) is 0 Å². The van der Waals surface area contributed by atoms with Crippen LogP contribution in [0, 0.1) is 0 Å². The molecule has 0 spiro atoms. The number of hydrogen-bond donors (Lipinski definition) is 0. The Kier molecular flexibility index (Phi) is 17.5. The Morgan fingerprint density at radius 3 is 1.00 bits per heavy atom. The van der Waals surface area contributed by atoms with E-state index in [4.69, 9.17) is 16.2 Å². The average molecular weight is 267 g/mol. The van der Waals surface area contributed by atoms with Gasteiger partial charge >= 0.3 is 88.7 Å². The molecular weight excluding hydrogens is 267 g/mol. The van der Waals surface area contributed by atoms with Gasteiger partial charge in [0.15, 0.2) is 17.8 Å². The van der Waals surface area contributed by atoms with Crippen molar-refractivity contribution in [1.82, 2.24) is 15.0 Å². The second-order valence-electron chi connectivity index (χ2n) is 1.87. The van der Waals surface area contributed by atoms with Crippen molar-refractivity contribution >= 4 is 35.9 Å². The smallest absolute Gasteiger partial charge is 0.422 e. The van der Waals surface area contributed by atoms with Crippen molar-refractivity contribution in [3.8, 4) is 0 Å². The Morgan fingerprint density at radius 2 is 0.833 bits per heavy atom. The molecule has 18 heavy (non-hydrogen) atoms. The van der Waals surface area contributed by atoms with Crippen LogP contribution in [0.4, 0.5) is 17.8 Å². The van der Waals surface area contributed by atoms with Crippen LogP contribution in [-0.4, -0.2) is 33.0 Å². The van der Waals surface area contributed by atoms with Gasteiger partial charge in [0, 0.05) is 0 Å². The van der Waals surface area contributed by atoms with E-state index >= 15 is 0 Å². The zero-order valence-electron chi connectivity index (χ0n) is 10.0. The SMILES string of the molecule is [N-]=C=Nc1nc(N=C=[N-])nc(N=C=[N-])n1.[Na+].[Na+].[Na+]. The van der Waals surface area contributed by atoms with Crippen molar-refractivity contribution in [2.24, 2.45) is 15.0 Å². The summed E-state index contributed by atoms with van der Waals surface area (Å²) in [5, 5.41) is 24.8. The molecular formula is C6N9Na3. The van der Waals surface area contributed by atoms with E-state index in [1.165, 1.54) is 18.0 Å². The average Bonchev–Trinajstić information content (AvgIpc) is 2.19. The zero-order chi connectivity index (χ0) is 11.1. The van der Waals surface area contributed by atoms with Gasteiger partial charge in [-0.2, -0.15) is 0 Å². The van der Waals surface area contributed by atoms with Crippen LogP contribution >= 0.6 is 0 Å². The van der Waals surface area contributed by atoms with Crippen molar-refractivity contribution in [3.63, 3.8) is 0 Å². The van der Waals surface area contributed by atoms with Crippen molar-refractivity contribution < 1.29 is 88.7 Å². The maximum atomic E-state index is 8.25. The van der Waals surface area contributed by atoms with E-state index in [0.29, 0.717) is 0 Å². The first-order valence-electron chi connectivity index (χ1n) is 3.35. The first-order chi connectivity index (χ1) is 7.30. The molecule has 0 amide bonds. The van der Waals surface area contributed by atoms with Crippen LogP contribution in [0.5, 0.6) is 0 Å². The molecule has 1 rings (SSSR count). The van der Waals surface area contributed by atoms with Crippen LogP contribution in [0.3, 0.4) is 0 Å². The van der Waals surface area contributed by atoms with E-state index in [2.05, 4.69) is 29.9 Å². The molecule has 0 saturated carbocycles. The summed E-state index contributed by atoms with van der Waals surface area (Å²) in [6.07, 6.45) is 0. The Bertz CT molecular complexity index is 437. The molecule has 0 saturated heterocycles. The summed E-state index contributed by atoms with van der Waals surface area (Å²) >= 11 is 0. The van der Waals surface area contributed by atoms with Crippen LogP contribution in [0.2, 0.25) is 0 Å². The maximum Gasteiger partial charge on any atom is 1.00 e. The molecule has 12 heteroatoms. The van der Waals surface area contributed by atoms with Gasteiger partial charge in [-0.25, -0.2) is 15.0 Å². The van der Waals surface area contributed by atoms with E-state index < -0.39 is 0 Å². The minimum Gasteiger partial charge on any atom is -0.422 e. The number of hydrogen-bond acceptors (Lipinski definition) is 6. The molecule has 1 aromatic heterocycles. The minimum absolute atomic E-state index is 0. The van der Waals surface area contributed by atoms with E-state index in [1.807, 2.05) is 0 Å². The van der Waals surface area contributed by atoms with Gasteiger partial charge in [-0.05, 0) is 0 Å². The monoisotopic (exact) mass is 267 g/mol. The molecule has 0 atom stereocenters. The van der Waals surface area contributed by atoms with E-state index in [9.17, 15) is 0 Å². The van der Waals surface area contributed by atoms with Gasteiger partial charge in [0.2, 0.25) is 0 Å². The van der Waals surface area contributed by atoms with Crippen LogP contribution in [0.15, 0.2) is 15.0 Å². The number of aliphatic imine (C=N–C) groups is 3. The Labute approximate surface area is 168 Å². The fourth-order valence-corrected chi connectivity index (χ4v) is 0.627. The van der Waals surface area contributed by atoms with E-state index in [0.717, 1.165) is 0 Å². The van der Waals surface area contributed by atoms with Gasteiger partial charge < -0.3 is 31.2 Å². The number of rotatable bonds is 3. The van der Waals surface area contributed by atoms with Crippen LogP contribution < -0.4 is 88.7 Å². The first-order valence-corrected chi connectivity index (χ1v) is 3.35. The zero-order valence-corrected chi connectivity index (χ0v) is 16.0. The summed E-state index contributed by atoms with van der Waals surface area (Å²) in [5.74, 6) is -0.762. The number of nitrogens with zero attached hydrogens (tertiary/aromatic N) is 9. The third-order valence-corrected chi connectivity index (χ3v) is 1.05. The van der Waals surface area contributed by atoms with E-state index in [1.54, 1.807) is 0 Å². The molecule has 0 radical (unpaired) electrons. The predicted molar refractivity (Wildman–Crippen MR) is 51.2 cm³/mol. The molecule has 0 N–H and O–H groups in total. The summed E-state index contributed by atoms with van der Waals surface area (Å²) in [6, 6.07) is 4.34. The molecule has 0 aliphatic heterocycles. The molecule has 1 aromatic rings. The molecule has 0 bridgehead atoms. The van der Waals surface area contributed by atoms with Gasteiger partial charge in [0.25, 0.3) is 0 Å². The Morgan fingerprint density at radius 1 is 0.611 bits per heavy atom. The fourth-order valence-electron chi connectivity index (χ4n) is 0.627. The second kappa shape index (κ2) is 13.6. The summed E-state index contributed by atoms with van der Waals surface area (Å²) in [5.41, 5.74) is 0. The third-order valence-electron chi connectivity index (χ3n) is 1.05. The normalized spacial score (nSPS) is 6.67. The summed E-state index contributed by atoms with van der Waals surface area (Å²) < 4.78 is 0. The molecule has 9 nitrogen and oxygen atoms in total. The molecule has 0 aliphatic rings. The van der Waals surface area contributed by atoms with Crippen LogP contribution in [0.25, 0.3) is 16.2 Å². The van der Waals surface area contributed by atoms with E-state index in [-0.39, 0.29) is 107 Å². The predicted octanol–water partition coefficient (Wildman–Crippen LogP) is -7.99. The maximum absolute atomic E-state index is 8.25. The van der Waals surface area contributed by atoms with Crippen LogP contribution in [-0.2, 0) is 0 Å². The summed E-state index contributed by atoms with van der Waals surface area (Å²) in [7, 11) is 0. The second-order valence-corrected chi connectivity index (χ2v) is 1.87. The quantitative estimate of drug-likeness (QED) is 0.396. The Hall–Kier alpha value is 0.150. The van der Waals surface area contributed by atoms with Crippen molar-refractivity contribution in [2.75, 3.05) is 0 Å². The molecule has 0 aromatic carbocycles. The fraction of sp³-hybridized carbons (Fsp3) is 0. The third kappa shape index (κ3) is 8.29. The van der Waals surface area contributed by atoms with Crippen molar-refractivity contribution in [1.29, 1.82) is 0 Å². The molecule has 0 fully saturated rings. The van der Waals surface area contributed by atoms with Gasteiger partial charge in [-0.15, -0.1) is 18.0 Å². The van der Waals surface area contributed by atoms with Crippen molar-refractivity contribution in [3.05, 3.63) is 16.2 Å². The topological polar surface area (TPSA) is 143 Å². The summed E-state index contributed by atoms with van der Waals surface area (Å²) in [6.45, 7) is 0. The number of aromatic nitrogens is 3. The largest absolute Gasteiger partial charge is 1.00 e. The first kappa shape index (κ1) is 23.3. The van der Waals surface area contributed by atoms with Gasteiger partial charge in [-0.3, -0.25) is 0 Å².